The molecule has 7 aromatic rings. The first-order chi connectivity index (χ1) is 28.2. The number of aryl methyl sites for hydroxylation is 4. The van der Waals surface area contributed by atoms with Gasteiger partial charge in [0.05, 0.1) is 0 Å². The maximum atomic E-state index is 5.86. The molecule has 60 heavy (non-hydrogen) atoms. The molecule has 0 saturated heterocycles. The van der Waals surface area contributed by atoms with Crippen molar-refractivity contribution in [3.63, 3.8) is 0 Å². The number of fused-ring (bicyclic) bond motifs is 8. The van der Waals surface area contributed by atoms with Crippen LogP contribution in [-0.2, 0) is 37.1 Å². The zero-order valence-corrected chi connectivity index (χ0v) is 41.4. The fraction of sp³-hybridized carbons (Fsp3) is 0.309. The zero-order valence-electron chi connectivity index (χ0n) is 36.0. The third-order valence-electron chi connectivity index (χ3n) is 12.0. The van der Waals surface area contributed by atoms with E-state index in [0.29, 0.717) is 0 Å². The first-order valence-corrected chi connectivity index (χ1v) is 23.4. The van der Waals surface area contributed by atoms with Crippen LogP contribution in [0.3, 0.4) is 0 Å². The summed E-state index contributed by atoms with van der Waals surface area (Å²) in [5.41, 5.74) is 15.5. The summed E-state index contributed by atoms with van der Waals surface area (Å²) in [6, 6.07) is 43.6. The molecule has 312 valence electrons. The smallest absolute Gasteiger partial charge is 0.172 e. The van der Waals surface area contributed by atoms with Gasteiger partial charge in [0.1, 0.15) is 0 Å². The van der Waals surface area contributed by atoms with Crippen LogP contribution >= 0.6 is 23.2 Å². The molecule has 0 fully saturated rings. The van der Waals surface area contributed by atoms with Crippen LogP contribution in [0.4, 0.5) is 0 Å². The second kappa shape index (κ2) is 24.7. The molecule has 8 rings (SSSR count). The van der Waals surface area contributed by atoms with E-state index in [1.807, 2.05) is 78.9 Å². The number of benzene rings is 6. The molecule has 0 unspecified atom stereocenters. The minimum Gasteiger partial charge on any atom is -1.00 e. The second-order valence-corrected chi connectivity index (χ2v) is 18.1. The van der Waals surface area contributed by atoms with Crippen molar-refractivity contribution >= 4 is 48.0 Å². The summed E-state index contributed by atoms with van der Waals surface area (Å²) in [6.07, 6.45) is 16.1. The fourth-order valence-corrected chi connectivity index (χ4v) is 9.51. The largest absolute Gasteiger partial charge is 1.00 e. The summed E-state index contributed by atoms with van der Waals surface area (Å²) in [5, 5.41) is 7.25. The van der Waals surface area contributed by atoms with Crippen LogP contribution in [0.1, 0.15) is 121 Å². The van der Waals surface area contributed by atoms with Gasteiger partial charge in [-0.1, -0.05) is 127 Å². The van der Waals surface area contributed by atoms with Crippen LogP contribution in [0.25, 0.3) is 32.7 Å². The predicted molar refractivity (Wildman–Crippen MR) is 251 cm³/mol. The Balaban J connectivity index is 0.000000285. The maximum absolute atomic E-state index is 5.86. The molecule has 1 aliphatic carbocycles. The molecule has 0 aliphatic heterocycles. The van der Waals surface area contributed by atoms with Crippen LogP contribution in [-0.4, -0.2) is 3.21 Å². The van der Waals surface area contributed by atoms with E-state index in [0.717, 1.165) is 22.9 Å². The number of hydrogen-bond donors (Lipinski definition) is 0. The molecular weight excluding hydrogens is 894 g/mol. The molecule has 0 aromatic heterocycles. The van der Waals surface area contributed by atoms with Gasteiger partial charge in [-0.3, -0.25) is 0 Å². The van der Waals surface area contributed by atoms with Gasteiger partial charge in [-0.15, -0.1) is 33.7 Å². The van der Waals surface area contributed by atoms with Gasteiger partial charge in [0, 0.05) is 0 Å². The van der Waals surface area contributed by atoms with E-state index < -0.39 is 0 Å². The summed E-state index contributed by atoms with van der Waals surface area (Å²) in [7, 11) is 0. The van der Waals surface area contributed by atoms with Crippen molar-refractivity contribution in [2.45, 2.75) is 112 Å². The fourth-order valence-electron chi connectivity index (χ4n) is 8.43. The summed E-state index contributed by atoms with van der Waals surface area (Å²) >= 11 is 13.1. The SMILES string of the molecule is CCCCCCCCCCCCc1[c-]c2c3c(c4ccc(C)c(C)c4c2c(C)c1C)-c1ccccc1C3.Clc1ccc([C](=[Zr+2])c2ccc(Cl)cc2)cc1.[Cl-].[Cl-].c1cc[cH-]c1. The third-order valence-corrected chi connectivity index (χ3v) is 14.0. The molecule has 0 radical (unpaired) electrons. The van der Waals surface area contributed by atoms with E-state index >= 15 is 0 Å². The van der Waals surface area contributed by atoms with Gasteiger partial charge in [0.2, 0.25) is 0 Å². The van der Waals surface area contributed by atoms with Gasteiger partial charge in [0.15, 0.2) is 0 Å². The van der Waals surface area contributed by atoms with Crippen molar-refractivity contribution in [3.05, 3.63) is 181 Å². The summed E-state index contributed by atoms with van der Waals surface area (Å²) in [6.45, 7) is 11.6. The number of hydrogen-bond acceptors (Lipinski definition) is 0. The minimum absolute atomic E-state index is 0. The van der Waals surface area contributed by atoms with Crippen molar-refractivity contribution < 1.29 is 49.0 Å². The molecule has 0 heterocycles. The van der Waals surface area contributed by atoms with E-state index in [2.05, 4.69) is 77.1 Å². The van der Waals surface area contributed by atoms with Crippen LogP contribution in [0.2, 0.25) is 10.0 Å². The van der Waals surface area contributed by atoms with E-state index in [1.54, 1.807) is 0 Å². The monoisotopic (exact) mass is 948 g/mol. The standard InChI is InChI=1S/C37H45.C13H8Cl2.C5H5.2ClH.Zr/c1-6-7-8-9-10-11-12-13-14-15-18-29-23-33-34-24-30-19-16-17-20-31(30)37(34)32-22-21-25(2)26(3)35(32)36(33)28(5)27(29)4;14-12-5-1-10(2-6-12)9-11-3-7-13(15)8-4-11;1-2-4-5-3-1;;;/h16-17,19-22H,6-15,18,24H2,1-5H3;1-8H;1-5H;2*1H;/q-1;;-1;;;+2/p-2. The molecule has 0 nitrogen and oxygen atoms in total. The van der Waals surface area contributed by atoms with Crippen molar-refractivity contribution in [2.24, 2.45) is 0 Å². The molecule has 5 heteroatoms. The molecule has 7 aromatic carbocycles. The topological polar surface area (TPSA) is 0 Å². The molecule has 1 aliphatic rings. The Hall–Kier alpha value is -2.90. The minimum atomic E-state index is 0. The Bertz CT molecular complexity index is 2360. The number of rotatable bonds is 13. The van der Waals surface area contributed by atoms with E-state index in [9.17, 15) is 0 Å². The van der Waals surface area contributed by atoms with Crippen molar-refractivity contribution in [1.82, 2.24) is 0 Å². The first-order valence-electron chi connectivity index (χ1n) is 21.4. The van der Waals surface area contributed by atoms with E-state index in [-0.39, 0.29) is 24.8 Å². The van der Waals surface area contributed by atoms with Gasteiger partial charge in [-0.2, -0.15) is 18.2 Å². The normalized spacial score (nSPS) is 11.1. The molecular formula is C55H58Cl4Zr-2. The second-order valence-electron chi connectivity index (χ2n) is 16.0. The molecule has 0 N–H and O–H groups in total. The molecule has 0 bridgehead atoms. The quantitative estimate of drug-likeness (QED) is 0.0614. The average Bonchev–Trinajstić information content (AvgIpc) is 3.95. The van der Waals surface area contributed by atoms with E-state index in [4.69, 9.17) is 23.2 Å². The van der Waals surface area contributed by atoms with Gasteiger partial charge in [0.25, 0.3) is 0 Å². The number of unbranched alkanes of at least 4 members (excludes halogenated alkanes) is 9. The van der Waals surface area contributed by atoms with Gasteiger partial charge in [-0.05, 0) is 65.3 Å². The zero-order chi connectivity index (χ0) is 41.0. The molecule has 0 saturated carbocycles. The molecule has 0 atom stereocenters. The van der Waals surface area contributed by atoms with Crippen LogP contribution in [0.15, 0.2) is 115 Å². The Morgan fingerprint density at radius 2 is 1.17 bits per heavy atom. The summed E-state index contributed by atoms with van der Waals surface area (Å²) in [4.78, 5) is 0. The van der Waals surface area contributed by atoms with Crippen molar-refractivity contribution in [1.29, 1.82) is 0 Å². The van der Waals surface area contributed by atoms with Gasteiger partial charge in [-0.25, -0.2) is 12.1 Å². The Morgan fingerprint density at radius 1 is 0.617 bits per heavy atom. The Morgan fingerprint density at radius 3 is 1.72 bits per heavy atom. The predicted octanol–water partition coefficient (Wildman–Crippen LogP) is 10.6. The van der Waals surface area contributed by atoms with Crippen LogP contribution in [0.5, 0.6) is 0 Å². The Kier molecular flexibility index (Phi) is 20.5. The maximum Gasteiger partial charge on any atom is -0.172 e. The van der Waals surface area contributed by atoms with Crippen molar-refractivity contribution in [2.75, 3.05) is 0 Å². The molecule has 0 spiro atoms. The third kappa shape index (κ3) is 12.4. The van der Waals surface area contributed by atoms with Crippen LogP contribution in [0, 0.1) is 33.8 Å². The van der Waals surface area contributed by atoms with Crippen LogP contribution < -0.4 is 24.8 Å². The average molecular weight is 952 g/mol. The van der Waals surface area contributed by atoms with Gasteiger partial charge < -0.3 is 24.8 Å². The summed E-state index contributed by atoms with van der Waals surface area (Å²) < 4.78 is 1.31. The Labute approximate surface area is 398 Å². The van der Waals surface area contributed by atoms with E-state index in [1.165, 1.54) is 174 Å². The van der Waals surface area contributed by atoms with Gasteiger partial charge >= 0.3 is 120 Å². The van der Waals surface area contributed by atoms with Crippen molar-refractivity contribution in [3.8, 4) is 11.1 Å². The molecule has 0 amide bonds. The summed E-state index contributed by atoms with van der Waals surface area (Å²) in [5.74, 6) is 0. The number of halogens is 4. The first kappa shape index (κ1) is 49.8.